The summed E-state index contributed by atoms with van der Waals surface area (Å²) in [6.07, 6.45) is 9.04. The minimum Gasteiger partial charge on any atom is -0.493 e. The zero-order valence-corrected chi connectivity index (χ0v) is 35.0. The maximum atomic E-state index is 13.3. The van der Waals surface area contributed by atoms with Gasteiger partial charge in [-0.1, -0.05) is 22.6 Å². The zero-order valence-electron chi connectivity index (χ0n) is 33.4. The van der Waals surface area contributed by atoms with Crippen molar-refractivity contribution in [1.82, 2.24) is 35.2 Å². The number of aryl methyl sites for hydroxylation is 3. The van der Waals surface area contributed by atoms with E-state index in [1.54, 1.807) is 16.8 Å². The number of aromatic nitrogens is 5. The van der Waals surface area contributed by atoms with Crippen molar-refractivity contribution in [1.29, 1.82) is 0 Å². The summed E-state index contributed by atoms with van der Waals surface area (Å²) >= 11 is 0.920. The lowest BCUT2D eigenvalue weighted by atomic mass is 10.0. The van der Waals surface area contributed by atoms with Gasteiger partial charge in [-0.3, -0.25) is 53.7 Å². The number of nitrogens with one attached hydrogen (secondary N) is 3. The van der Waals surface area contributed by atoms with Crippen LogP contribution in [0.5, 0.6) is 11.6 Å². The predicted molar refractivity (Wildman–Crippen MR) is 224 cm³/mol. The summed E-state index contributed by atoms with van der Waals surface area (Å²) in [7, 11) is -2.78. The van der Waals surface area contributed by atoms with E-state index in [4.69, 9.17) is 9.47 Å². The Kier molecular flexibility index (Phi) is 13.3. The van der Waals surface area contributed by atoms with E-state index in [2.05, 4.69) is 35.6 Å². The average Bonchev–Trinajstić information content (AvgIpc) is 3.99. The van der Waals surface area contributed by atoms with E-state index in [0.717, 1.165) is 21.9 Å². The number of benzene rings is 2. The second-order valence-electron chi connectivity index (χ2n) is 14.1. The molecule has 2 aliphatic rings. The molecule has 63 heavy (non-hydrogen) atoms. The monoisotopic (exact) mass is 898 g/mol. The maximum absolute atomic E-state index is 13.3. The number of nitro groups is 1. The van der Waals surface area contributed by atoms with E-state index >= 15 is 0 Å². The Morgan fingerprint density at radius 3 is 2.57 bits per heavy atom. The zero-order chi connectivity index (χ0) is 44.7. The van der Waals surface area contributed by atoms with Gasteiger partial charge in [-0.05, 0) is 87.1 Å². The van der Waals surface area contributed by atoms with Gasteiger partial charge in [0.1, 0.15) is 11.8 Å². The molecular formula is C40H38N10O11S2. The molecule has 5 heterocycles. The second kappa shape index (κ2) is 19.1. The Balaban J connectivity index is 0.837. The highest BCUT2D eigenvalue weighted by Crippen LogP contribution is 2.34. The van der Waals surface area contributed by atoms with Gasteiger partial charge in [0.15, 0.2) is 0 Å². The number of unbranched alkanes of at least 4 members (excludes halogenated alkanes) is 1. The van der Waals surface area contributed by atoms with Gasteiger partial charge < -0.3 is 14.8 Å². The van der Waals surface area contributed by atoms with Crippen LogP contribution in [0.2, 0.25) is 0 Å². The van der Waals surface area contributed by atoms with Crippen LogP contribution in [-0.4, -0.2) is 92.5 Å². The molecule has 5 aromatic rings. The molecule has 21 nitrogen and oxygen atoms in total. The molecular weight excluding hydrogens is 861 g/mol. The molecule has 1 unspecified atom stereocenters. The normalized spacial score (nSPS) is 15.1. The molecule has 0 saturated carbocycles. The summed E-state index contributed by atoms with van der Waals surface area (Å²) in [5.41, 5.74) is 1.90. The minimum atomic E-state index is -4.13. The Morgan fingerprint density at radius 2 is 1.83 bits per heavy atom. The first-order chi connectivity index (χ1) is 30.3. The van der Waals surface area contributed by atoms with Crippen molar-refractivity contribution in [2.75, 3.05) is 23.8 Å². The molecule has 3 N–H and O–H groups in total. The summed E-state index contributed by atoms with van der Waals surface area (Å²) in [6.45, 7) is 0.779. The molecule has 7 rings (SSSR count). The molecule has 0 spiro atoms. The van der Waals surface area contributed by atoms with Crippen molar-refractivity contribution in [3.8, 4) is 11.6 Å². The Bertz CT molecular complexity index is 2730. The number of carbonyl (C=O) groups excluding carboxylic acids is 5. The predicted octanol–water partition coefficient (Wildman–Crippen LogP) is 3.93. The third-order valence-electron chi connectivity index (χ3n) is 9.76. The first kappa shape index (κ1) is 43.7. The summed E-state index contributed by atoms with van der Waals surface area (Å²) < 4.78 is 41.7. The van der Waals surface area contributed by atoms with Crippen LogP contribution < -0.4 is 24.8 Å². The number of piperidine rings is 1. The van der Waals surface area contributed by atoms with Crippen LogP contribution in [0, 0.1) is 10.1 Å². The largest absolute Gasteiger partial charge is 0.493 e. The molecule has 1 atom stereocenters. The number of ether oxygens (including phenoxy) is 2. The van der Waals surface area contributed by atoms with Gasteiger partial charge in [0.2, 0.25) is 23.5 Å². The number of thiophene rings is 1. The van der Waals surface area contributed by atoms with Crippen molar-refractivity contribution >= 4 is 73.5 Å². The molecule has 1 saturated heterocycles. The lowest BCUT2D eigenvalue weighted by molar-refractivity contribution is -0.380. The third kappa shape index (κ3) is 10.4. The first-order valence-electron chi connectivity index (χ1n) is 19.4. The topological polar surface area (TPSA) is 277 Å². The Hall–Kier alpha value is -7.40. The molecule has 2 aliphatic heterocycles. The van der Waals surface area contributed by atoms with Gasteiger partial charge in [-0.25, -0.2) is 18.4 Å². The standard InChI is InChI=1S/C40H38N10O11S2/c1-60-38-36(46-63(58,59)28-14-10-24(11-15-28)42-32(51)17-12-27-13-19-34(62-27)50(56)57)41-22-25(43-38)7-5-20-48-23-26(45-47-48)6-2-3-21-61-31-9-4-8-29-35(31)40(55)49(39(29)54)30-16-18-33(52)44-37(30)53/h4,8-15,17,19,22-23,30H,2-3,5-7,16,18,20-21H2,1H3,(H,41,46)(H,42,51)(H,44,52,53)/b17-12+. The molecule has 3 aromatic heterocycles. The van der Waals surface area contributed by atoms with Crippen molar-refractivity contribution in [3.63, 3.8) is 0 Å². The van der Waals surface area contributed by atoms with Gasteiger partial charge in [-0.15, -0.1) is 5.10 Å². The van der Waals surface area contributed by atoms with Gasteiger partial charge in [0, 0.05) is 41.9 Å². The molecule has 0 radical (unpaired) electrons. The number of carbonyl (C=O) groups is 5. The number of rotatable bonds is 19. The van der Waals surface area contributed by atoms with Crippen LogP contribution in [-0.2, 0) is 43.8 Å². The number of fused-ring (bicyclic) bond motifs is 1. The van der Waals surface area contributed by atoms with Gasteiger partial charge >= 0.3 is 5.00 Å². The SMILES string of the molecule is COc1nc(CCCn2cc(CCCCOc3cccc4c3C(=O)N(C3CCC(=O)NC3=O)C4=O)nn2)cnc1NS(=O)(=O)c1ccc(NC(=O)/C=C/c2ccc([N+](=O)[O-])s2)cc1. The maximum Gasteiger partial charge on any atom is 0.324 e. The number of methoxy groups -OCH3 is 1. The summed E-state index contributed by atoms with van der Waals surface area (Å²) in [4.78, 5) is 83.0. The van der Waals surface area contributed by atoms with E-state index in [9.17, 15) is 42.5 Å². The highest BCUT2D eigenvalue weighted by molar-refractivity contribution is 7.92. The van der Waals surface area contributed by atoms with Crippen molar-refractivity contribution < 1.29 is 46.8 Å². The highest BCUT2D eigenvalue weighted by Gasteiger charge is 2.46. The van der Waals surface area contributed by atoms with Crippen LogP contribution in [0.3, 0.4) is 0 Å². The van der Waals surface area contributed by atoms with E-state index in [0.29, 0.717) is 54.9 Å². The third-order valence-corrected chi connectivity index (χ3v) is 12.1. The van der Waals surface area contributed by atoms with Crippen molar-refractivity contribution in [3.05, 3.63) is 111 Å². The lowest BCUT2D eigenvalue weighted by Gasteiger charge is -2.27. The Morgan fingerprint density at radius 1 is 1.03 bits per heavy atom. The fourth-order valence-electron chi connectivity index (χ4n) is 6.69. The molecule has 326 valence electrons. The van der Waals surface area contributed by atoms with Crippen LogP contribution >= 0.6 is 11.3 Å². The number of hydrogen-bond acceptors (Lipinski definition) is 16. The highest BCUT2D eigenvalue weighted by atomic mass is 32.2. The van der Waals surface area contributed by atoms with Gasteiger partial charge in [-0.2, -0.15) is 0 Å². The first-order valence-corrected chi connectivity index (χ1v) is 21.7. The van der Waals surface area contributed by atoms with Crippen LogP contribution in [0.4, 0.5) is 16.5 Å². The van der Waals surface area contributed by atoms with Crippen molar-refractivity contribution in [2.45, 2.75) is 62.4 Å². The molecule has 23 heteroatoms. The molecule has 0 aliphatic carbocycles. The number of anilines is 2. The lowest BCUT2D eigenvalue weighted by Crippen LogP contribution is -2.54. The van der Waals surface area contributed by atoms with Crippen LogP contribution in [0.1, 0.15) is 69.1 Å². The summed E-state index contributed by atoms with van der Waals surface area (Å²) in [5.74, 6) is -2.76. The molecule has 2 aromatic carbocycles. The summed E-state index contributed by atoms with van der Waals surface area (Å²) in [5, 5.41) is 24.0. The van der Waals surface area contributed by atoms with Crippen LogP contribution in [0.15, 0.2) is 78.0 Å². The molecule has 1 fully saturated rings. The smallest absolute Gasteiger partial charge is 0.324 e. The van der Waals surface area contributed by atoms with Gasteiger partial charge in [0.25, 0.3) is 27.7 Å². The van der Waals surface area contributed by atoms with E-state index in [1.807, 2.05) is 6.20 Å². The Labute approximate surface area is 362 Å². The van der Waals surface area contributed by atoms with E-state index < -0.39 is 50.5 Å². The van der Waals surface area contributed by atoms with Crippen molar-refractivity contribution in [2.24, 2.45) is 0 Å². The fraction of sp³-hybridized carbons (Fsp3) is 0.275. The van der Waals surface area contributed by atoms with Crippen LogP contribution in [0.25, 0.3) is 6.08 Å². The molecule has 5 amide bonds. The summed E-state index contributed by atoms with van der Waals surface area (Å²) in [6, 6.07) is 11.9. The van der Waals surface area contributed by atoms with E-state index in [1.165, 1.54) is 67.9 Å². The number of sulfonamides is 1. The van der Waals surface area contributed by atoms with Gasteiger partial charge in [0.05, 0.1) is 52.2 Å². The quantitative estimate of drug-likeness (QED) is 0.0348. The average molecular weight is 899 g/mol. The fourth-order valence-corrected chi connectivity index (χ4v) is 8.42. The minimum absolute atomic E-state index is 0.0271. The number of amides is 5. The number of imide groups is 2. The molecule has 0 bridgehead atoms. The van der Waals surface area contributed by atoms with E-state index in [-0.39, 0.29) is 57.9 Å². The number of nitrogens with zero attached hydrogens (tertiary/aromatic N) is 7. The second-order valence-corrected chi connectivity index (χ2v) is 16.9. The number of hydrogen-bond donors (Lipinski definition) is 3.